The molecule has 0 aromatic carbocycles. The summed E-state index contributed by atoms with van der Waals surface area (Å²) >= 11 is 0. The minimum Gasteiger partial charge on any atom is -0.480 e. The molecule has 2 aliphatic heterocycles. The van der Waals surface area contributed by atoms with Crippen LogP contribution in [0.15, 0.2) is 0 Å². The molecule has 214 valence electrons. The molecule has 10 heteroatoms. The number of hydrogen-bond acceptors (Lipinski definition) is 7. The standard InChI is InChI=1S/C27H51N5O5/c1-18(2)21(16-32-15-11-13-20(32)25(36)30(7)17-22(33)34)31(8)26(37)23(27(3,4)5)28-24(35)19-12-9-10-14-29(19)6/h18-21,23-24,28,35H,9-17H2,1-8H3,(H,33,34)/t19?,20?,21-,23-,24-/m1/s1. The summed E-state index contributed by atoms with van der Waals surface area (Å²) in [5, 5.41) is 23.5. The fraction of sp³-hybridized carbons (Fsp3) is 0.889. The minimum atomic E-state index is -1.03. The van der Waals surface area contributed by atoms with Gasteiger partial charge in [0.05, 0.1) is 12.1 Å². The van der Waals surface area contributed by atoms with E-state index in [1.54, 1.807) is 4.90 Å². The number of nitrogens with one attached hydrogen (secondary N) is 1. The van der Waals surface area contributed by atoms with Crippen molar-refractivity contribution in [2.24, 2.45) is 11.3 Å². The van der Waals surface area contributed by atoms with Crippen LogP contribution in [0, 0.1) is 11.3 Å². The molecule has 0 saturated carbocycles. The zero-order chi connectivity index (χ0) is 28.1. The lowest BCUT2D eigenvalue weighted by molar-refractivity contribution is -0.146. The summed E-state index contributed by atoms with van der Waals surface area (Å²) < 4.78 is 0. The number of likely N-dealkylation sites (N-methyl/N-ethyl adjacent to an activating group) is 3. The molecular weight excluding hydrogens is 474 g/mol. The second-order valence-electron chi connectivity index (χ2n) is 12.5. The lowest BCUT2D eigenvalue weighted by Crippen LogP contribution is -2.62. The van der Waals surface area contributed by atoms with E-state index in [1.807, 2.05) is 34.9 Å². The molecule has 0 aliphatic carbocycles. The third-order valence-corrected chi connectivity index (χ3v) is 8.08. The van der Waals surface area contributed by atoms with Crippen molar-refractivity contribution in [3.63, 3.8) is 0 Å². The molecule has 2 rings (SSSR count). The average Bonchev–Trinajstić information content (AvgIpc) is 3.26. The Labute approximate surface area is 223 Å². The van der Waals surface area contributed by atoms with Crippen molar-refractivity contribution in [2.75, 3.05) is 47.3 Å². The zero-order valence-corrected chi connectivity index (χ0v) is 24.2. The number of carbonyl (C=O) groups is 3. The molecule has 0 radical (unpaired) electrons. The van der Waals surface area contributed by atoms with E-state index in [2.05, 4.69) is 29.0 Å². The normalized spacial score (nSPS) is 24.1. The van der Waals surface area contributed by atoms with Crippen LogP contribution in [0.1, 0.15) is 66.7 Å². The molecule has 5 atom stereocenters. The molecule has 0 bridgehead atoms. The Morgan fingerprint density at radius 3 is 2.24 bits per heavy atom. The number of hydrogen-bond donors (Lipinski definition) is 3. The summed E-state index contributed by atoms with van der Waals surface area (Å²) in [4.78, 5) is 45.3. The predicted octanol–water partition coefficient (Wildman–Crippen LogP) is 1.28. The fourth-order valence-corrected chi connectivity index (χ4v) is 5.72. The van der Waals surface area contributed by atoms with Crippen LogP contribution in [0.2, 0.25) is 0 Å². The van der Waals surface area contributed by atoms with Gasteiger partial charge in [0.15, 0.2) is 0 Å². The molecule has 37 heavy (non-hydrogen) atoms. The second-order valence-corrected chi connectivity index (χ2v) is 12.5. The monoisotopic (exact) mass is 525 g/mol. The molecule has 2 amide bonds. The van der Waals surface area contributed by atoms with E-state index in [1.165, 1.54) is 11.9 Å². The van der Waals surface area contributed by atoms with Crippen LogP contribution in [-0.2, 0) is 14.4 Å². The molecule has 3 N–H and O–H groups in total. The summed E-state index contributed by atoms with van der Waals surface area (Å²) in [5.41, 5.74) is -0.424. The van der Waals surface area contributed by atoms with Crippen LogP contribution < -0.4 is 5.32 Å². The first kappa shape index (κ1) is 31.5. The van der Waals surface area contributed by atoms with Gasteiger partial charge in [0.25, 0.3) is 0 Å². The smallest absolute Gasteiger partial charge is 0.323 e. The summed E-state index contributed by atoms with van der Waals surface area (Å²) in [6, 6.07) is -1.14. The average molecular weight is 526 g/mol. The molecule has 10 nitrogen and oxygen atoms in total. The number of piperidine rings is 1. The van der Waals surface area contributed by atoms with E-state index in [4.69, 9.17) is 5.11 Å². The molecule has 2 heterocycles. The molecule has 2 saturated heterocycles. The first-order valence-electron chi connectivity index (χ1n) is 13.8. The van der Waals surface area contributed by atoms with Crippen LogP contribution in [0.5, 0.6) is 0 Å². The van der Waals surface area contributed by atoms with Crippen LogP contribution in [0.25, 0.3) is 0 Å². The maximum absolute atomic E-state index is 13.9. The van der Waals surface area contributed by atoms with Crippen LogP contribution >= 0.6 is 0 Å². The Bertz CT molecular complexity index is 786. The van der Waals surface area contributed by atoms with Gasteiger partial charge in [0, 0.05) is 32.7 Å². The lowest BCUT2D eigenvalue weighted by atomic mass is 9.84. The number of likely N-dealkylation sites (tertiary alicyclic amines) is 2. The van der Waals surface area contributed by atoms with Gasteiger partial charge in [-0.15, -0.1) is 0 Å². The number of aliphatic hydroxyl groups is 1. The van der Waals surface area contributed by atoms with Gasteiger partial charge in [-0.3, -0.25) is 29.5 Å². The molecule has 0 spiro atoms. The zero-order valence-electron chi connectivity index (χ0n) is 24.2. The van der Waals surface area contributed by atoms with Crippen LogP contribution in [-0.4, -0.2) is 125 Å². The van der Waals surface area contributed by atoms with Gasteiger partial charge in [-0.2, -0.15) is 0 Å². The summed E-state index contributed by atoms with van der Waals surface area (Å²) in [6.07, 6.45) is 3.79. The summed E-state index contributed by atoms with van der Waals surface area (Å²) in [7, 11) is 5.36. The van der Waals surface area contributed by atoms with Crippen molar-refractivity contribution in [1.29, 1.82) is 0 Å². The number of carboxylic acids is 1. The number of rotatable bonds is 11. The van der Waals surface area contributed by atoms with Crippen molar-refractivity contribution >= 4 is 17.8 Å². The van der Waals surface area contributed by atoms with Gasteiger partial charge < -0.3 is 20.0 Å². The van der Waals surface area contributed by atoms with Crippen LogP contribution in [0.3, 0.4) is 0 Å². The molecule has 2 fully saturated rings. The maximum Gasteiger partial charge on any atom is 0.323 e. The van der Waals surface area contributed by atoms with Crippen molar-refractivity contribution in [3.8, 4) is 0 Å². The lowest BCUT2D eigenvalue weighted by Gasteiger charge is -2.43. The Morgan fingerprint density at radius 2 is 1.70 bits per heavy atom. The summed E-state index contributed by atoms with van der Waals surface area (Å²) in [5.74, 6) is -1.16. The first-order valence-corrected chi connectivity index (χ1v) is 13.8. The highest BCUT2D eigenvalue weighted by Gasteiger charge is 2.41. The predicted molar refractivity (Wildman–Crippen MR) is 144 cm³/mol. The van der Waals surface area contributed by atoms with Gasteiger partial charge in [0.2, 0.25) is 11.8 Å². The highest BCUT2D eigenvalue weighted by atomic mass is 16.4. The fourth-order valence-electron chi connectivity index (χ4n) is 5.72. The highest BCUT2D eigenvalue weighted by molar-refractivity contribution is 5.85. The van der Waals surface area contributed by atoms with Crippen molar-refractivity contribution in [2.45, 2.75) is 97.1 Å². The van der Waals surface area contributed by atoms with E-state index in [0.29, 0.717) is 13.0 Å². The minimum absolute atomic E-state index is 0.0308. The summed E-state index contributed by atoms with van der Waals surface area (Å²) in [6.45, 7) is 12.0. The van der Waals surface area contributed by atoms with Gasteiger partial charge >= 0.3 is 5.97 Å². The molecule has 0 aromatic heterocycles. The molecular formula is C27H51N5O5. The Hall–Kier alpha value is -1.75. The Balaban J connectivity index is 2.17. The number of amides is 2. The first-order chi connectivity index (χ1) is 17.1. The van der Waals surface area contributed by atoms with E-state index >= 15 is 0 Å². The SMILES string of the molecule is CC(C)[C@@H](CN1CCCC1C(=O)N(C)CC(=O)O)N(C)C(=O)[C@@H](N[C@H](O)C1CCCCN1C)C(C)(C)C. The van der Waals surface area contributed by atoms with Gasteiger partial charge in [-0.25, -0.2) is 0 Å². The maximum atomic E-state index is 13.9. The number of aliphatic carboxylic acids is 1. The number of carboxylic acid groups (broad SMARTS) is 1. The number of nitrogens with zero attached hydrogens (tertiary/aromatic N) is 4. The highest BCUT2D eigenvalue weighted by Crippen LogP contribution is 2.27. The van der Waals surface area contributed by atoms with E-state index < -0.39 is 23.7 Å². The Kier molecular flexibility index (Phi) is 11.4. The van der Waals surface area contributed by atoms with Crippen molar-refractivity contribution in [3.05, 3.63) is 0 Å². The topological polar surface area (TPSA) is 117 Å². The third-order valence-electron chi connectivity index (χ3n) is 8.08. The van der Waals surface area contributed by atoms with Crippen LogP contribution in [0.4, 0.5) is 0 Å². The number of aliphatic hydroxyl groups excluding tert-OH is 1. The third kappa shape index (κ3) is 8.37. The van der Waals surface area contributed by atoms with Gasteiger partial charge in [-0.1, -0.05) is 41.0 Å². The molecule has 2 unspecified atom stereocenters. The molecule has 0 aromatic rings. The Morgan fingerprint density at radius 1 is 1.05 bits per heavy atom. The number of carbonyl (C=O) groups excluding carboxylic acids is 2. The molecule has 2 aliphatic rings. The van der Waals surface area contributed by atoms with Crippen molar-refractivity contribution < 1.29 is 24.6 Å². The quantitative estimate of drug-likeness (QED) is 0.346. The van der Waals surface area contributed by atoms with Gasteiger partial charge in [0.1, 0.15) is 12.8 Å². The van der Waals surface area contributed by atoms with E-state index in [9.17, 15) is 19.5 Å². The van der Waals surface area contributed by atoms with Gasteiger partial charge in [-0.05, 0) is 57.2 Å². The largest absolute Gasteiger partial charge is 0.480 e. The van der Waals surface area contributed by atoms with E-state index in [0.717, 1.165) is 38.8 Å². The second kappa shape index (κ2) is 13.4. The van der Waals surface area contributed by atoms with E-state index in [-0.39, 0.29) is 42.4 Å². The van der Waals surface area contributed by atoms with Crippen molar-refractivity contribution in [1.82, 2.24) is 24.9 Å².